The minimum atomic E-state index is 1.00. The van der Waals surface area contributed by atoms with Gasteiger partial charge < -0.3 is 0 Å². The highest BCUT2D eigenvalue weighted by atomic mass is 14.7. The molecule has 0 aliphatic carbocycles. The number of rotatable bonds is 5. The molecule has 0 aliphatic rings. The predicted molar refractivity (Wildman–Crippen MR) is 113 cm³/mol. The van der Waals surface area contributed by atoms with Crippen LogP contribution in [0.5, 0.6) is 0 Å². The zero-order valence-electron chi connectivity index (χ0n) is 15.7. The first-order chi connectivity index (χ1) is 12.7. The maximum atomic E-state index is 4.96. The van der Waals surface area contributed by atoms with Crippen LogP contribution in [0.4, 0.5) is 0 Å². The van der Waals surface area contributed by atoms with Crippen LogP contribution in [0.3, 0.4) is 0 Å². The first-order valence-electron chi connectivity index (χ1n) is 9.19. The highest BCUT2D eigenvalue weighted by Gasteiger charge is 2.09. The van der Waals surface area contributed by atoms with Crippen molar-refractivity contribution in [2.75, 3.05) is 0 Å². The van der Waals surface area contributed by atoms with Crippen LogP contribution in [0.15, 0.2) is 85.0 Å². The van der Waals surface area contributed by atoms with E-state index in [1.165, 1.54) is 16.7 Å². The molecule has 26 heavy (non-hydrogen) atoms. The maximum Gasteiger partial charge on any atom is 0.0715 e. The Balaban J connectivity index is 2.18. The molecule has 0 N–H and O–H groups in total. The quantitative estimate of drug-likeness (QED) is 0.452. The van der Waals surface area contributed by atoms with Crippen LogP contribution in [0, 0.1) is 6.92 Å². The molecular weight excluding hydrogens is 314 g/mol. The van der Waals surface area contributed by atoms with Gasteiger partial charge in [-0.1, -0.05) is 79.2 Å². The summed E-state index contributed by atoms with van der Waals surface area (Å²) in [6.07, 6.45) is 7.59. The molecular formula is C25H25N. The van der Waals surface area contributed by atoms with Crippen molar-refractivity contribution in [3.8, 4) is 22.5 Å². The predicted octanol–water partition coefficient (Wildman–Crippen LogP) is 7.09. The first-order valence-corrected chi connectivity index (χ1v) is 9.19. The lowest BCUT2D eigenvalue weighted by atomic mass is 9.99. The van der Waals surface area contributed by atoms with E-state index < -0.39 is 0 Å². The van der Waals surface area contributed by atoms with Gasteiger partial charge in [0.25, 0.3) is 0 Å². The van der Waals surface area contributed by atoms with Gasteiger partial charge in [0, 0.05) is 11.1 Å². The Morgan fingerprint density at radius 3 is 2.23 bits per heavy atom. The monoisotopic (exact) mass is 339 g/mol. The van der Waals surface area contributed by atoms with Crippen LogP contribution in [0.1, 0.15) is 31.4 Å². The Labute approximate surface area is 156 Å². The largest absolute Gasteiger partial charge is 0.248 e. The molecule has 0 amide bonds. The first kappa shape index (κ1) is 17.9. The van der Waals surface area contributed by atoms with Crippen LogP contribution in [-0.2, 0) is 0 Å². The molecule has 1 heterocycles. The van der Waals surface area contributed by atoms with E-state index in [1.54, 1.807) is 0 Å². The lowest BCUT2D eigenvalue weighted by molar-refractivity contribution is 1.22. The molecule has 2 aromatic carbocycles. The fourth-order valence-electron chi connectivity index (χ4n) is 3.01. The highest BCUT2D eigenvalue weighted by molar-refractivity contribution is 5.80. The summed E-state index contributed by atoms with van der Waals surface area (Å²) < 4.78 is 0. The SMILES string of the molecule is C/C=C(\C=C/CC)c1cc(-c2ccccc2)nc(-c2cccc(C)c2)c1. The van der Waals surface area contributed by atoms with Crippen molar-refractivity contribution in [1.82, 2.24) is 4.98 Å². The Morgan fingerprint density at radius 2 is 1.58 bits per heavy atom. The molecule has 0 radical (unpaired) electrons. The molecule has 3 rings (SSSR count). The molecule has 0 saturated heterocycles. The summed E-state index contributed by atoms with van der Waals surface area (Å²) in [5.41, 5.74) is 7.96. The topological polar surface area (TPSA) is 12.9 Å². The van der Waals surface area contributed by atoms with E-state index in [0.717, 1.165) is 28.9 Å². The van der Waals surface area contributed by atoms with Gasteiger partial charge in [0.05, 0.1) is 11.4 Å². The second-order valence-corrected chi connectivity index (χ2v) is 6.42. The van der Waals surface area contributed by atoms with Gasteiger partial charge in [0.1, 0.15) is 0 Å². The second kappa shape index (κ2) is 8.44. The van der Waals surface area contributed by atoms with Crippen molar-refractivity contribution in [2.24, 2.45) is 0 Å². The van der Waals surface area contributed by atoms with E-state index in [-0.39, 0.29) is 0 Å². The summed E-state index contributed by atoms with van der Waals surface area (Å²) >= 11 is 0. The van der Waals surface area contributed by atoms with Crippen LogP contribution in [0.2, 0.25) is 0 Å². The molecule has 0 unspecified atom stereocenters. The van der Waals surface area contributed by atoms with Crippen molar-refractivity contribution in [2.45, 2.75) is 27.2 Å². The lowest BCUT2D eigenvalue weighted by Gasteiger charge is -2.11. The molecule has 0 saturated carbocycles. The summed E-state index contributed by atoms with van der Waals surface area (Å²) in [6.45, 7) is 6.36. The molecule has 1 aromatic heterocycles. The summed E-state index contributed by atoms with van der Waals surface area (Å²) in [5, 5.41) is 0. The molecule has 3 aromatic rings. The van der Waals surface area contributed by atoms with E-state index in [4.69, 9.17) is 4.98 Å². The zero-order chi connectivity index (χ0) is 18.4. The molecule has 1 heteroatoms. The molecule has 0 atom stereocenters. The Bertz CT molecular complexity index is 933. The molecule has 0 bridgehead atoms. The van der Waals surface area contributed by atoms with Gasteiger partial charge in [0.15, 0.2) is 0 Å². The zero-order valence-corrected chi connectivity index (χ0v) is 15.7. The molecule has 1 nitrogen and oxygen atoms in total. The van der Waals surface area contributed by atoms with E-state index in [2.05, 4.69) is 99.7 Å². The number of hydrogen-bond acceptors (Lipinski definition) is 1. The third kappa shape index (κ3) is 4.18. The number of aryl methyl sites for hydroxylation is 1. The number of allylic oxidation sites excluding steroid dienone is 4. The van der Waals surface area contributed by atoms with Gasteiger partial charge in [-0.3, -0.25) is 0 Å². The minimum absolute atomic E-state index is 1.00. The van der Waals surface area contributed by atoms with Crippen molar-refractivity contribution >= 4 is 5.57 Å². The van der Waals surface area contributed by atoms with Gasteiger partial charge in [-0.05, 0) is 49.6 Å². The number of pyridine rings is 1. The van der Waals surface area contributed by atoms with Gasteiger partial charge in [-0.15, -0.1) is 0 Å². The third-order valence-electron chi connectivity index (χ3n) is 4.39. The van der Waals surface area contributed by atoms with Crippen molar-refractivity contribution < 1.29 is 0 Å². The average molecular weight is 339 g/mol. The number of nitrogens with zero attached hydrogens (tertiary/aromatic N) is 1. The Hall–Kier alpha value is -2.93. The third-order valence-corrected chi connectivity index (χ3v) is 4.39. The van der Waals surface area contributed by atoms with Crippen molar-refractivity contribution in [3.63, 3.8) is 0 Å². The smallest absolute Gasteiger partial charge is 0.0715 e. The normalized spacial score (nSPS) is 11.9. The van der Waals surface area contributed by atoms with E-state index >= 15 is 0 Å². The van der Waals surface area contributed by atoms with Gasteiger partial charge in [-0.2, -0.15) is 0 Å². The summed E-state index contributed by atoms with van der Waals surface area (Å²) in [5.74, 6) is 0. The summed E-state index contributed by atoms with van der Waals surface area (Å²) in [7, 11) is 0. The summed E-state index contributed by atoms with van der Waals surface area (Å²) in [6, 6.07) is 23.3. The molecule has 0 fully saturated rings. The fraction of sp³-hybridized carbons (Fsp3) is 0.160. The standard InChI is InChI=1S/C25H25N/c1-4-6-12-20(5-2)23-17-24(21-13-8-7-9-14-21)26-25(18-23)22-15-10-11-19(3)16-22/h5-18H,4H2,1-3H3/b12-6-,20-5+. The van der Waals surface area contributed by atoms with E-state index in [1.807, 2.05) is 6.07 Å². The number of benzene rings is 2. The molecule has 0 aliphatic heterocycles. The van der Waals surface area contributed by atoms with E-state index in [0.29, 0.717) is 0 Å². The Morgan fingerprint density at radius 1 is 0.885 bits per heavy atom. The maximum absolute atomic E-state index is 4.96. The van der Waals surface area contributed by atoms with Crippen LogP contribution in [-0.4, -0.2) is 4.98 Å². The molecule has 130 valence electrons. The number of aromatic nitrogens is 1. The van der Waals surface area contributed by atoms with Crippen molar-refractivity contribution in [1.29, 1.82) is 0 Å². The van der Waals surface area contributed by atoms with Crippen LogP contribution < -0.4 is 0 Å². The second-order valence-electron chi connectivity index (χ2n) is 6.42. The fourth-order valence-corrected chi connectivity index (χ4v) is 3.01. The number of hydrogen-bond donors (Lipinski definition) is 0. The van der Waals surface area contributed by atoms with Gasteiger partial charge >= 0.3 is 0 Å². The average Bonchev–Trinajstić information content (AvgIpc) is 2.69. The molecule has 0 spiro atoms. The van der Waals surface area contributed by atoms with Gasteiger partial charge in [-0.25, -0.2) is 4.98 Å². The highest BCUT2D eigenvalue weighted by Crippen LogP contribution is 2.29. The van der Waals surface area contributed by atoms with Crippen molar-refractivity contribution in [3.05, 3.63) is 96.1 Å². The van der Waals surface area contributed by atoms with E-state index in [9.17, 15) is 0 Å². The Kier molecular flexibility index (Phi) is 5.80. The lowest BCUT2D eigenvalue weighted by Crippen LogP contribution is -1.93. The summed E-state index contributed by atoms with van der Waals surface area (Å²) in [4.78, 5) is 4.96. The van der Waals surface area contributed by atoms with Gasteiger partial charge in [0.2, 0.25) is 0 Å². The van der Waals surface area contributed by atoms with Crippen LogP contribution in [0.25, 0.3) is 28.1 Å². The minimum Gasteiger partial charge on any atom is -0.248 e. The van der Waals surface area contributed by atoms with Crippen LogP contribution >= 0.6 is 0 Å².